The number of rotatable bonds is 2. The van der Waals surface area contributed by atoms with Gasteiger partial charge >= 0.3 is 23.1 Å². The summed E-state index contributed by atoms with van der Waals surface area (Å²) in [5.74, 6) is 0. The van der Waals surface area contributed by atoms with Crippen LogP contribution in [0.1, 0.15) is 5.56 Å². The summed E-state index contributed by atoms with van der Waals surface area (Å²) in [7, 11) is 0. The maximum Gasteiger partial charge on any atom is 2.00 e. The second-order valence-electron chi connectivity index (χ2n) is 2.64. The van der Waals surface area contributed by atoms with Gasteiger partial charge in [-0.05, 0) is 0 Å². The fourth-order valence-corrected chi connectivity index (χ4v) is 1.12. The Hall–Kier alpha value is -0.324. The predicted octanol–water partition coefficient (Wildman–Crippen LogP) is -1.65. The van der Waals surface area contributed by atoms with E-state index in [2.05, 4.69) is 23.2 Å². The summed E-state index contributed by atoms with van der Waals surface area (Å²) in [6.45, 7) is 0.884. The zero-order valence-corrected chi connectivity index (χ0v) is 10.7. The molecule has 2 nitrogen and oxygen atoms in total. The molecule has 14 heavy (non-hydrogen) atoms. The van der Waals surface area contributed by atoms with Gasteiger partial charge in [0, 0.05) is 18.9 Å². The molecule has 0 saturated carbocycles. The van der Waals surface area contributed by atoms with Crippen LogP contribution < -0.4 is 17.0 Å². The van der Waals surface area contributed by atoms with Crippen molar-refractivity contribution in [2.75, 3.05) is 0 Å². The predicted molar refractivity (Wildman–Crippen MR) is 52.4 cm³/mol. The minimum Gasteiger partial charge on any atom is -1.00 e. The summed E-state index contributed by atoms with van der Waals surface area (Å²) in [5, 5.41) is 0. The number of benzene rings is 1. The van der Waals surface area contributed by atoms with Crippen molar-refractivity contribution in [2.24, 2.45) is 0 Å². The van der Waals surface area contributed by atoms with Gasteiger partial charge in [-0.25, -0.2) is 4.98 Å². The van der Waals surface area contributed by atoms with E-state index in [9.17, 15) is 0 Å². The standard InChI is InChI=1S/C10H9N2.BrH.Mg/c1-2-4-10(5-3-1)8-12-7-6-11-9-12;;/h2-7,9H,8H2;1H;/q-1;;+2/p-1. The largest absolute Gasteiger partial charge is 2.00 e. The molecule has 0 unspecified atom stereocenters. The number of halogens is 1. The molecule has 2 rings (SSSR count). The fourth-order valence-electron chi connectivity index (χ4n) is 1.12. The molecule has 0 atom stereocenters. The second kappa shape index (κ2) is 7.03. The van der Waals surface area contributed by atoms with Crippen LogP contribution in [0.5, 0.6) is 0 Å². The van der Waals surface area contributed by atoms with Crippen molar-refractivity contribution in [3.8, 4) is 0 Å². The second-order valence-corrected chi connectivity index (χ2v) is 2.64. The Balaban J connectivity index is 0.000000845. The van der Waals surface area contributed by atoms with E-state index in [0.717, 1.165) is 6.54 Å². The van der Waals surface area contributed by atoms with E-state index in [1.54, 1.807) is 6.20 Å². The first kappa shape index (κ1) is 13.7. The molecule has 0 aliphatic rings. The van der Waals surface area contributed by atoms with E-state index < -0.39 is 0 Å². The Bertz CT molecular complexity index is 334. The van der Waals surface area contributed by atoms with Crippen molar-refractivity contribution in [2.45, 2.75) is 6.54 Å². The summed E-state index contributed by atoms with van der Waals surface area (Å²) in [5.41, 5.74) is 1.27. The fraction of sp³-hybridized carbons (Fsp3) is 0.100. The number of hydrogen-bond acceptors (Lipinski definition) is 1. The summed E-state index contributed by atoms with van der Waals surface area (Å²) in [6, 6.07) is 10.9. The first-order valence-corrected chi connectivity index (χ1v) is 3.86. The molecule has 1 aromatic heterocycles. The van der Waals surface area contributed by atoms with Gasteiger partial charge < -0.3 is 21.5 Å². The van der Waals surface area contributed by atoms with Crippen LogP contribution >= 0.6 is 0 Å². The monoisotopic (exact) mass is 260 g/mol. The van der Waals surface area contributed by atoms with Crippen LogP contribution in [-0.2, 0) is 6.54 Å². The van der Waals surface area contributed by atoms with E-state index >= 15 is 0 Å². The molecule has 0 radical (unpaired) electrons. The molecular weight excluding hydrogens is 252 g/mol. The van der Waals surface area contributed by atoms with Gasteiger partial charge in [0.25, 0.3) is 0 Å². The van der Waals surface area contributed by atoms with Gasteiger partial charge in [0.15, 0.2) is 0 Å². The number of nitrogens with zero attached hydrogens (tertiary/aromatic N) is 2. The van der Waals surface area contributed by atoms with Gasteiger partial charge in [0.2, 0.25) is 0 Å². The van der Waals surface area contributed by atoms with Crippen molar-refractivity contribution in [1.82, 2.24) is 9.55 Å². The Morgan fingerprint density at radius 1 is 1.29 bits per heavy atom. The van der Waals surface area contributed by atoms with Gasteiger partial charge in [0.1, 0.15) is 0 Å². The number of hydrogen-bond donors (Lipinski definition) is 0. The van der Waals surface area contributed by atoms with Gasteiger partial charge in [-0.2, -0.15) is 30.3 Å². The van der Waals surface area contributed by atoms with Crippen molar-refractivity contribution in [3.63, 3.8) is 0 Å². The normalized spacial score (nSPS) is 8.57. The van der Waals surface area contributed by atoms with Crippen LogP contribution in [0.4, 0.5) is 0 Å². The van der Waals surface area contributed by atoms with Crippen LogP contribution in [-0.4, -0.2) is 32.6 Å². The average Bonchev–Trinajstić information content (AvgIpc) is 2.59. The summed E-state index contributed by atoms with van der Waals surface area (Å²) >= 11 is 0. The molecule has 0 saturated heterocycles. The Kier molecular flexibility index (Phi) is 6.87. The Morgan fingerprint density at radius 3 is 2.57 bits per heavy atom. The summed E-state index contributed by atoms with van der Waals surface area (Å²) in [6.07, 6.45) is 5.56. The van der Waals surface area contributed by atoms with Crippen LogP contribution in [0.25, 0.3) is 0 Å². The van der Waals surface area contributed by atoms with E-state index in [-0.39, 0.29) is 40.0 Å². The SMILES string of the molecule is [Br-].[Mg+2].[c-]1ccc(Cn2ccnc2)cc1. The van der Waals surface area contributed by atoms with E-state index in [1.807, 2.05) is 29.2 Å². The third kappa shape index (κ3) is 3.82. The summed E-state index contributed by atoms with van der Waals surface area (Å²) in [4.78, 5) is 3.97. The van der Waals surface area contributed by atoms with Crippen LogP contribution in [0.15, 0.2) is 43.0 Å². The molecule has 0 amide bonds. The molecule has 1 aromatic carbocycles. The molecule has 0 spiro atoms. The molecule has 0 bridgehead atoms. The molecular formula is C10H9BrMgN2. The zero-order valence-electron chi connectivity index (χ0n) is 7.73. The topological polar surface area (TPSA) is 17.8 Å². The molecule has 0 fully saturated rings. The number of aromatic nitrogens is 2. The van der Waals surface area contributed by atoms with Crippen LogP contribution in [0.3, 0.4) is 0 Å². The first-order chi connectivity index (χ1) is 5.95. The maximum absolute atomic E-state index is 3.97. The van der Waals surface area contributed by atoms with E-state index in [4.69, 9.17) is 0 Å². The Morgan fingerprint density at radius 2 is 2.00 bits per heavy atom. The van der Waals surface area contributed by atoms with Gasteiger partial charge in [-0.1, -0.05) is 0 Å². The Labute approximate surface area is 110 Å². The minimum absolute atomic E-state index is 0. The number of imidazole rings is 1. The zero-order chi connectivity index (χ0) is 8.23. The third-order valence-electron chi connectivity index (χ3n) is 1.71. The van der Waals surface area contributed by atoms with Crippen molar-refractivity contribution >= 4 is 23.1 Å². The van der Waals surface area contributed by atoms with Crippen LogP contribution in [0, 0.1) is 6.07 Å². The molecule has 1 heterocycles. The smallest absolute Gasteiger partial charge is 1.00 e. The molecule has 2 aromatic rings. The average molecular weight is 261 g/mol. The van der Waals surface area contributed by atoms with Crippen molar-refractivity contribution in [1.29, 1.82) is 0 Å². The maximum atomic E-state index is 3.97. The minimum atomic E-state index is 0. The quantitative estimate of drug-likeness (QED) is 0.468. The third-order valence-corrected chi connectivity index (χ3v) is 1.71. The van der Waals surface area contributed by atoms with Gasteiger partial charge in [-0.15, -0.1) is 5.56 Å². The summed E-state index contributed by atoms with van der Waals surface area (Å²) < 4.78 is 2.04. The van der Waals surface area contributed by atoms with E-state index in [0.29, 0.717) is 0 Å². The van der Waals surface area contributed by atoms with Crippen LogP contribution in [0.2, 0.25) is 0 Å². The molecule has 0 aliphatic carbocycles. The molecule has 0 aliphatic heterocycles. The van der Waals surface area contributed by atoms with E-state index in [1.165, 1.54) is 5.56 Å². The van der Waals surface area contributed by atoms with Gasteiger partial charge in [-0.3, -0.25) is 0 Å². The molecule has 0 N–H and O–H groups in total. The van der Waals surface area contributed by atoms with Gasteiger partial charge in [0.05, 0.1) is 6.33 Å². The first-order valence-electron chi connectivity index (χ1n) is 3.86. The molecule has 4 heteroatoms. The van der Waals surface area contributed by atoms with Crippen molar-refractivity contribution in [3.05, 3.63) is 54.6 Å². The van der Waals surface area contributed by atoms with Crippen molar-refractivity contribution < 1.29 is 17.0 Å². The molecule has 68 valence electrons.